The lowest BCUT2D eigenvalue weighted by atomic mass is 10.1. The van der Waals surface area contributed by atoms with E-state index in [1.54, 1.807) is 7.11 Å². The number of rotatable bonds is 6. The Morgan fingerprint density at radius 2 is 2.29 bits per heavy atom. The van der Waals surface area contributed by atoms with Gasteiger partial charge in [-0.2, -0.15) is 0 Å². The van der Waals surface area contributed by atoms with Crippen LogP contribution in [0.3, 0.4) is 0 Å². The van der Waals surface area contributed by atoms with E-state index in [9.17, 15) is 0 Å². The molecule has 0 heterocycles. The van der Waals surface area contributed by atoms with Crippen LogP contribution in [0.4, 0.5) is 0 Å². The predicted molar refractivity (Wildman–Crippen MR) is 74.7 cm³/mol. The largest absolute Gasteiger partial charge is 0.497 e. The number of ether oxygens (including phenoxy) is 1. The van der Waals surface area contributed by atoms with Gasteiger partial charge in [-0.1, -0.05) is 22.9 Å². The summed E-state index contributed by atoms with van der Waals surface area (Å²) in [5, 5.41) is 3.50. The predicted octanol–water partition coefficient (Wildman–Crippen LogP) is 3.56. The molecular weight excluding hydrogens is 278 g/mol. The van der Waals surface area contributed by atoms with E-state index in [0.717, 1.165) is 24.8 Å². The SMILES string of the molecule is CCCNCC1CC1c1cc(OC)ccc1Br. The summed E-state index contributed by atoms with van der Waals surface area (Å²) in [4.78, 5) is 0. The van der Waals surface area contributed by atoms with Gasteiger partial charge in [-0.05, 0) is 61.5 Å². The topological polar surface area (TPSA) is 21.3 Å². The molecule has 1 aromatic carbocycles. The van der Waals surface area contributed by atoms with E-state index in [0.29, 0.717) is 5.92 Å². The third-order valence-corrected chi connectivity index (χ3v) is 4.08. The van der Waals surface area contributed by atoms with Gasteiger partial charge in [0, 0.05) is 4.47 Å². The van der Waals surface area contributed by atoms with Crippen LogP contribution in [0, 0.1) is 5.92 Å². The van der Waals surface area contributed by atoms with Gasteiger partial charge in [0.1, 0.15) is 5.75 Å². The molecule has 1 aliphatic rings. The first kappa shape index (κ1) is 12.9. The maximum absolute atomic E-state index is 5.29. The summed E-state index contributed by atoms with van der Waals surface area (Å²) in [6, 6.07) is 6.25. The number of methoxy groups -OCH3 is 1. The molecule has 94 valence electrons. The fourth-order valence-corrected chi connectivity index (χ4v) is 2.79. The first-order valence-corrected chi connectivity index (χ1v) is 7.09. The number of benzene rings is 1. The van der Waals surface area contributed by atoms with Crippen molar-refractivity contribution in [2.75, 3.05) is 20.2 Å². The Hall–Kier alpha value is -0.540. The Balaban J connectivity index is 1.95. The Morgan fingerprint density at radius 1 is 1.47 bits per heavy atom. The lowest BCUT2D eigenvalue weighted by Crippen LogP contribution is -2.17. The van der Waals surface area contributed by atoms with Crippen LogP contribution in [-0.2, 0) is 0 Å². The lowest BCUT2D eigenvalue weighted by molar-refractivity contribution is 0.414. The summed E-state index contributed by atoms with van der Waals surface area (Å²) in [7, 11) is 1.72. The van der Waals surface area contributed by atoms with Crippen molar-refractivity contribution >= 4 is 15.9 Å². The molecule has 1 saturated carbocycles. The van der Waals surface area contributed by atoms with Crippen molar-refractivity contribution in [3.8, 4) is 5.75 Å². The van der Waals surface area contributed by atoms with E-state index in [1.165, 1.54) is 22.9 Å². The molecule has 2 rings (SSSR count). The van der Waals surface area contributed by atoms with E-state index in [2.05, 4.69) is 40.3 Å². The normalized spacial score (nSPS) is 22.5. The lowest BCUT2D eigenvalue weighted by Gasteiger charge is -2.07. The molecule has 0 aliphatic heterocycles. The minimum absolute atomic E-state index is 0.698. The molecule has 0 amide bonds. The number of halogens is 1. The number of nitrogens with one attached hydrogen (secondary N) is 1. The summed E-state index contributed by atoms with van der Waals surface area (Å²) in [5.74, 6) is 2.45. The molecule has 0 bridgehead atoms. The summed E-state index contributed by atoms with van der Waals surface area (Å²) in [5.41, 5.74) is 1.40. The smallest absolute Gasteiger partial charge is 0.119 e. The highest BCUT2D eigenvalue weighted by atomic mass is 79.9. The monoisotopic (exact) mass is 297 g/mol. The van der Waals surface area contributed by atoms with Gasteiger partial charge >= 0.3 is 0 Å². The molecule has 0 spiro atoms. The molecule has 1 aromatic rings. The minimum Gasteiger partial charge on any atom is -0.497 e. The van der Waals surface area contributed by atoms with Crippen LogP contribution in [0.25, 0.3) is 0 Å². The molecule has 0 aromatic heterocycles. The second-order valence-corrected chi connectivity index (χ2v) is 5.55. The summed E-state index contributed by atoms with van der Waals surface area (Å²) >= 11 is 3.63. The molecule has 17 heavy (non-hydrogen) atoms. The molecular formula is C14H20BrNO. The third kappa shape index (κ3) is 3.23. The average molecular weight is 298 g/mol. The Bertz CT molecular complexity index is 380. The number of hydrogen-bond acceptors (Lipinski definition) is 2. The van der Waals surface area contributed by atoms with Gasteiger partial charge in [-0.3, -0.25) is 0 Å². The molecule has 1 aliphatic carbocycles. The summed E-state index contributed by atoms with van der Waals surface area (Å²) in [6.07, 6.45) is 2.50. The van der Waals surface area contributed by atoms with Gasteiger partial charge in [0.05, 0.1) is 7.11 Å². The van der Waals surface area contributed by atoms with Gasteiger partial charge in [-0.15, -0.1) is 0 Å². The van der Waals surface area contributed by atoms with Crippen molar-refractivity contribution < 1.29 is 4.74 Å². The van der Waals surface area contributed by atoms with E-state index >= 15 is 0 Å². The van der Waals surface area contributed by atoms with E-state index < -0.39 is 0 Å². The first-order valence-electron chi connectivity index (χ1n) is 6.30. The van der Waals surface area contributed by atoms with Crippen LogP contribution in [-0.4, -0.2) is 20.2 Å². The molecule has 2 atom stereocenters. The molecule has 1 N–H and O–H groups in total. The second kappa shape index (κ2) is 5.87. The summed E-state index contributed by atoms with van der Waals surface area (Å²) < 4.78 is 6.49. The van der Waals surface area contributed by atoms with Crippen LogP contribution >= 0.6 is 15.9 Å². The van der Waals surface area contributed by atoms with Crippen molar-refractivity contribution in [3.05, 3.63) is 28.2 Å². The van der Waals surface area contributed by atoms with Gasteiger partial charge in [0.15, 0.2) is 0 Å². The van der Waals surface area contributed by atoms with E-state index in [-0.39, 0.29) is 0 Å². The molecule has 0 saturated heterocycles. The Labute approximate surface area is 112 Å². The van der Waals surface area contributed by atoms with Gasteiger partial charge in [0.25, 0.3) is 0 Å². The summed E-state index contributed by atoms with van der Waals surface area (Å²) in [6.45, 7) is 4.47. The van der Waals surface area contributed by atoms with Crippen LogP contribution in [0.5, 0.6) is 5.75 Å². The fraction of sp³-hybridized carbons (Fsp3) is 0.571. The molecule has 2 nitrogen and oxygen atoms in total. The molecule has 1 fully saturated rings. The van der Waals surface area contributed by atoms with Crippen molar-refractivity contribution in [2.45, 2.75) is 25.7 Å². The maximum atomic E-state index is 5.29. The van der Waals surface area contributed by atoms with Crippen LogP contribution in [0.15, 0.2) is 22.7 Å². The van der Waals surface area contributed by atoms with Crippen molar-refractivity contribution in [1.82, 2.24) is 5.32 Å². The molecule has 2 unspecified atom stereocenters. The highest BCUT2D eigenvalue weighted by molar-refractivity contribution is 9.10. The second-order valence-electron chi connectivity index (χ2n) is 4.69. The number of hydrogen-bond donors (Lipinski definition) is 1. The highest BCUT2D eigenvalue weighted by Crippen LogP contribution is 2.49. The fourth-order valence-electron chi connectivity index (χ4n) is 2.25. The Kier molecular flexibility index (Phi) is 4.46. The quantitative estimate of drug-likeness (QED) is 0.811. The maximum Gasteiger partial charge on any atom is 0.119 e. The van der Waals surface area contributed by atoms with Crippen molar-refractivity contribution in [1.29, 1.82) is 0 Å². The van der Waals surface area contributed by atoms with E-state index in [4.69, 9.17) is 4.74 Å². The van der Waals surface area contributed by atoms with Crippen molar-refractivity contribution in [2.24, 2.45) is 5.92 Å². The zero-order valence-electron chi connectivity index (χ0n) is 10.5. The standard InChI is InChI=1S/C14H20BrNO/c1-3-6-16-9-10-7-12(10)13-8-11(17-2)4-5-14(13)15/h4-5,8,10,12,16H,3,6-7,9H2,1-2H3. The Morgan fingerprint density at radius 3 is 3.00 bits per heavy atom. The minimum atomic E-state index is 0.698. The zero-order valence-corrected chi connectivity index (χ0v) is 12.1. The highest BCUT2D eigenvalue weighted by Gasteiger charge is 2.38. The van der Waals surface area contributed by atoms with E-state index in [1.807, 2.05) is 6.07 Å². The first-order chi connectivity index (χ1) is 8.26. The van der Waals surface area contributed by atoms with Gasteiger partial charge in [-0.25, -0.2) is 0 Å². The van der Waals surface area contributed by atoms with Gasteiger partial charge < -0.3 is 10.1 Å². The van der Waals surface area contributed by atoms with Crippen molar-refractivity contribution in [3.63, 3.8) is 0 Å². The zero-order chi connectivity index (χ0) is 12.3. The average Bonchev–Trinajstić information content (AvgIpc) is 3.09. The van der Waals surface area contributed by atoms with Crippen LogP contribution in [0.2, 0.25) is 0 Å². The van der Waals surface area contributed by atoms with Crippen LogP contribution < -0.4 is 10.1 Å². The molecule has 0 radical (unpaired) electrons. The van der Waals surface area contributed by atoms with Gasteiger partial charge in [0.2, 0.25) is 0 Å². The third-order valence-electron chi connectivity index (χ3n) is 3.36. The molecule has 3 heteroatoms. The van der Waals surface area contributed by atoms with Crippen LogP contribution in [0.1, 0.15) is 31.2 Å².